The smallest absolute Gasteiger partial charge is 0.314 e. The number of rotatable bonds is 4. The van der Waals surface area contributed by atoms with Gasteiger partial charge < -0.3 is 22.1 Å². The zero-order chi connectivity index (χ0) is 21.4. The molecular weight excluding hydrogens is 362 g/mol. The molecule has 1 aromatic rings. The molecule has 2 amide bonds. The minimum Gasteiger partial charge on any atom is -0.402 e. The SMILES string of the molecule is C=C(C)C.CN(CC1CCCC(/C=C(\N)c2c(F)cccc2F)=C1N)C(N)=O. The van der Waals surface area contributed by atoms with Gasteiger partial charge in [-0.05, 0) is 56.9 Å². The quantitative estimate of drug-likeness (QED) is 0.678. The Morgan fingerprint density at radius 3 is 2.32 bits per heavy atom. The van der Waals surface area contributed by atoms with Gasteiger partial charge in [0.05, 0.1) is 5.56 Å². The number of hydrogen-bond donors (Lipinski definition) is 3. The first-order chi connectivity index (χ1) is 13.0. The fourth-order valence-electron chi connectivity index (χ4n) is 2.90. The van der Waals surface area contributed by atoms with Crippen molar-refractivity contribution in [2.24, 2.45) is 23.1 Å². The summed E-state index contributed by atoms with van der Waals surface area (Å²) in [5.41, 5.74) is 19.5. The lowest BCUT2D eigenvalue weighted by Crippen LogP contribution is -2.38. The Morgan fingerprint density at radius 1 is 1.29 bits per heavy atom. The average Bonchev–Trinajstić information content (AvgIpc) is 2.57. The molecule has 1 unspecified atom stereocenters. The monoisotopic (exact) mass is 392 g/mol. The van der Waals surface area contributed by atoms with E-state index in [0.29, 0.717) is 18.7 Å². The zero-order valence-electron chi connectivity index (χ0n) is 16.8. The molecule has 0 radical (unpaired) electrons. The van der Waals surface area contributed by atoms with Crippen molar-refractivity contribution in [3.63, 3.8) is 0 Å². The Bertz CT molecular complexity index is 762. The van der Waals surface area contributed by atoms with Crippen molar-refractivity contribution in [1.82, 2.24) is 4.90 Å². The van der Waals surface area contributed by atoms with Gasteiger partial charge in [-0.15, -0.1) is 6.58 Å². The molecule has 1 aliphatic rings. The van der Waals surface area contributed by atoms with Crippen LogP contribution in [0.3, 0.4) is 0 Å². The molecule has 2 rings (SSSR count). The third-order valence-electron chi connectivity index (χ3n) is 4.26. The van der Waals surface area contributed by atoms with E-state index in [0.717, 1.165) is 30.5 Å². The van der Waals surface area contributed by atoms with Crippen molar-refractivity contribution >= 4 is 11.7 Å². The van der Waals surface area contributed by atoms with Crippen LogP contribution in [-0.2, 0) is 0 Å². The lowest BCUT2D eigenvalue weighted by atomic mass is 9.86. The second kappa shape index (κ2) is 10.5. The van der Waals surface area contributed by atoms with Crippen molar-refractivity contribution in [1.29, 1.82) is 0 Å². The zero-order valence-corrected chi connectivity index (χ0v) is 16.8. The largest absolute Gasteiger partial charge is 0.402 e. The summed E-state index contributed by atoms with van der Waals surface area (Å²) in [6.45, 7) is 7.90. The maximum atomic E-state index is 13.8. The summed E-state index contributed by atoms with van der Waals surface area (Å²) in [6, 6.07) is 3.06. The average molecular weight is 392 g/mol. The van der Waals surface area contributed by atoms with Crippen LogP contribution in [0, 0.1) is 17.6 Å². The van der Waals surface area contributed by atoms with Gasteiger partial charge in [0.2, 0.25) is 0 Å². The number of benzene rings is 1. The number of urea groups is 1. The van der Waals surface area contributed by atoms with Crippen LogP contribution in [0.5, 0.6) is 0 Å². The molecule has 7 heteroatoms. The maximum absolute atomic E-state index is 13.8. The van der Waals surface area contributed by atoms with Crippen LogP contribution >= 0.6 is 0 Å². The van der Waals surface area contributed by atoms with E-state index in [1.54, 1.807) is 7.05 Å². The number of hydrogen-bond acceptors (Lipinski definition) is 3. The van der Waals surface area contributed by atoms with Crippen molar-refractivity contribution in [2.75, 3.05) is 13.6 Å². The fourth-order valence-corrected chi connectivity index (χ4v) is 2.90. The van der Waals surface area contributed by atoms with Crippen LogP contribution in [0.2, 0.25) is 0 Å². The number of carbonyl (C=O) groups excluding carboxylic acids is 1. The van der Waals surface area contributed by atoms with Gasteiger partial charge in [-0.3, -0.25) is 0 Å². The molecule has 0 heterocycles. The standard InChI is InChI=1S/C17H22F2N4O.C4H8/c1-23(17(22)24)9-11-5-2-4-10(16(11)21)8-14(20)15-12(18)6-3-7-13(15)19;1-4(2)3/h3,6-8,11H,2,4-5,9,20-21H2,1H3,(H2,22,24);1H2,2-3H3/b14-8-;. The van der Waals surface area contributed by atoms with E-state index in [1.807, 2.05) is 13.8 Å². The third-order valence-corrected chi connectivity index (χ3v) is 4.26. The minimum atomic E-state index is -0.719. The Morgan fingerprint density at radius 2 is 1.82 bits per heavy atom. The molecule has 28 heavy (non-hydrogen) atoms. The first-order valence-corrected chi connectivity index (χ1v) is 9.07. The van der Waals surface area contributed by atoms with Crippen LogP contribution in [0.15, 0.2) is 47.7 Å². The lowest BCUT2D eigenvalue weighted by molar-refractivity contribution is 0.210. The number of allylic oxidation sites excluding steroid dienone is 3. The van der Waals surface area contributed by atoms with Gasteiger partial charge in [0.1, 0.15) is 11.6 Å². The summed E-state index contributed by atoms with van der Waals surface area (Å²) < 4.78 is 27.6. The van der Waals surface area contributed by atoms with Gasteiger partial charge in [0.15, 0.2) is 0 Å². The predicted octanol–water partition coefficient (Wildman–Crippen LogP) is 3.87. The molecular formula is C21H30F2N4O. The molecule has 0 fully saturated rings. The summed E-state index contributed by atoms with van der Waals surface area (Å²) in [7, 11) is 1.60. The maximum Gasteiger partial charge on any atom is 0.314 e. The highest BCUT2D eigenvalue weighted by atomic mass is 19.1. The van der Waals surface area contributed by atoms with Gasteiger partial charge in [0.25, 0.3) is 0 Å². The third kappa shape index (κ3) is 6.72. The van der Waals surface area contributed by atoms with Gasteiger partial charge in [-0.25, -0.2) is 13.6 Å². The molecule has 0 saturated heterocycles. The van der Waals surface area contributed by atoms with Crippen LogP contribution in [0.1, 0.15) is 38.7 Å². The second-order valence-electron chi connectivity index (χ2n) is 7.19. The highest BCUT2D eigenvalue weighted by molar-refractivity contribution is 5.71. The first kappa shape index (κ1) is 23.2. The minimum absolute atomic E-state index is 0.00699. The van der Waals surface area contributed by atoms with E-state index in [1.165, 1.54) is 22.6 Å². The highest BCUT2D eigenvalue weighted by Crippen LogP contribution is 2.30. The van der Waals surface area contributed by atoms with Crippen molar-refractivity contribution < 1.29 is 13.6 Å². The number of nitrogens with two attached hydrogens (primary N) is 3. The molecule has 0 bridgehead atoms. The Hall–Kier alpha value is -2.83. The molecule has 0 aliphatic heterocycles. The second-order valence-corrected chi connectivity index (χ2v) is 7.19. The molecule has 1 atom stereocenters. The van der Waals surface area contributed by atoms with E-state index < -0.39 is 17.7 Å². The fraction of sp³-hybridized carbons (Fsp3) is 0.381. The molecule has 0 aromatic heterocycles. The Labute approximate surface area is 165 Å². The number of amides is 2. The van der Waals surface area contributed by atoms with Gasteiger partial charge in [0, 0.05) is 30.9 Å². The van der Waals surface area contributed by atoms with E-state index in [9.17, 15) is 13.6 Å². The van der Waals surface area contributed by atoms with Crippen LogP contribution in [0.25, 0.3) is 5.70 Å². The summed E-state index contributed by atoms with van der Waals surface area (Å²) in [5, 5.41) is 0. The number of halogens is 2. The topological polar surface area (TPSA) is 98.4 Å². The van der Waals surface area contributed by atoms with Crippen LogP contribution in [0.4, 0.5) is 13.6 Å². The normalized spacial score (nSPS) is 16.9. The summed E-state index contributed by atoms with van der Waals surface area (Å²) in [6.07, 6.45) is 3.85. The molecule has 5 nitrogen and oxygen atoms in total. The van der Waals surface area contributed by atoms with Crippen molar-refractivity contribution in [3.05, 3.63) is 64.9 Å². The Kier molecular flexibility index (Phi) is 8.70. The first-order valence-electron chi connectivity index (χ1n) is 9.07. The van der Waals surface area contributed by atoms with Crippen molar-refractivity contribution in [3.8, 4) is 0 Å². The number of nitrogens with zero attached hydrogens (tertiary/aromatic N) is 1. The summed E-state index contributed by atoms with van der Waals surface area (Å²) in [4.78, 5) is 12.6. The Balaban J connectivity index is 0.000000892. The van der Waals surface area contributed by atoms with Gasteiger partial charge in [-0.2, -0.15) is 0 Å². The van der Waals surface area contributed by atoms with Gasteiger partial charge in [-0.1, -0.05) is 11.6 Å². The van der Waals surface area contributed by atoms with Crippen LogP contribution < -0.4 is 17.2 Å². The molecule has 0 saturated carbocycles. The number of carbonyl (C=O) groups is 1. The molecule has 1 aromatic carbocycles. The van der Waals surface area contributed by atoms with Crippen LogP contribution in [-0.4, -0.2) is 24.5 Å². The number of primary amides is 1. The van der Waals surface area contributed by atoms with E-state index in [2.05, 4.69) is 6.58 Å². The summed E-state index contributed by atoms with van der Waals surface area (Å²) >= 11 is 0. The molecule has 154 valence electrons. The highest BCUT2D eigenvalue weighted by Gasteiger charge is 2.23. The molecule has 6 N–H and O–H groups in total. The molecule has 0 spiro atoms. The van der Waals surface area contributed by atoms with E-state index in [-0.39, 0.29) is 17.2 Å². The van der Waals surface area contributed by atoms with Gasteiger partial charge >= 0.3 is 6.03 Å². The predicted molar refractivity (Wildman–Crippen MR) is 110 cm³/mol. The van der Waals surface area contributed by atoms with E-state index in [4.69, 9.17) is 17.2 Å². The van der Waals surface area contributed by atoms with Crippen molar-refractivity contribution in [2.45, 2.75) is 33.1 Å². The van der Waals surface area contributed by atoms with E-state index >= 15 is 0 Å². The summed E-state index contributed by atoms with van der Waals surface area (Å²) in [5.74, 6) is -1.49. The molecule has 1 aliphatic carbocycles. The lowest BCUT2D eigenvalue weighted by Gasteiger charge is -2.28.